The van der Waals surface area contributed by atoms with Gasteiger partial charge in [-0.1, -0.05) is 6.07 Å². The lowest BCUT2D eigenvalue weighted by Gasteiger charge is -2.20. The number of sulfonamides is 1. The molecule has 8 nitrogen and oxygen atoms in total. The standard InChI is InChI=1S/C12H13N3O5S/c1-9-10(15(17)18)4-2-5-11(9)21(19,20)14-7-3-6-12(14)13-8-16/h2,4-5,12H,3,6-7H2,1H3. The van der Waals surface area contributed by atoms with Gasteiger partial charge in [0.2, 0.25) is 16.1 Å². The fraction of sp³-hybridized carbons (Fsp3) is 0.417. The Kier molecular flexibility index (Phi) is 4.17. The number of nitro benzene ring substituents is 1. The quantitative estimate of drug-likeness (QED) is 0.361. The molecule has 1 aromatic rings. The molecule has 112 valence electrons. The summed E-state index contributed by atoms with van der Waals surface area (Å²) in [5.41, 5.74) is -0.186. The van der Waals surface area contributed by atoms with Crippen LogP contribution in [0.3, 0.4) is 0 Å². The van der Waals surface area contributed by atoms with Crippen molar-refractivity contribution in [3.05, 3.63) is 33.9 Å². The molecule has 0 spiro atoms. The summed E-state index contributed by atoms with van der Waals surface area (Å²) < 4.78 is 26.3. The van der Waals surface area contributed by atoms with E-state index in [1.807, 2.05) is 0 Å². The number of carbonyl (C=O) groups excluding carboxylic acids is 1. The van der Waals surface area contributed by atoms with Gasteiger partial charge in [0.25, 0.3) is 5.69 Å². The molecule has 0 saturated carbocycles. The summed E-state index contributed by atoms with van der Waals surface area (Å²) in [4.78, 5) is 24.0. The summed E-state index contributed by atoms with van der Waals surface area (Å²) in [5.74, 6) is 0. The molecule has 0 radical (unpaired) electrons. The Balaban J connectivity index is 2.52. The van der Waals surface area contributed by atoms with Gasteiger partial charge in [0.15, 0.2) is 0 Å². The van der Waals surface area contributed by atoms with E-state index < -0.39 is 21.1 Å². The zero-order valence-electron chi connectivity index (χ0n) is 11.2. The predicted octanol–water partition coefficient (Wildman–Crippen LogP) is 1.35. The lowest BCUT2D eigenvalue weighted by molar-refractivity contribution is -0.385. The minimum atomic E-state index is -3.94. The van der Waals surface area contributed by atoms with Crippen LogP contribution in [0.15, 0.2) is 28.1 Å². The second-order valence-electron chi connectivity index (χ2n) is 4.62. The van der Waals surface area contributed by atoms with Gasteiger partial charge in [-0.3, -0.25) is 10.1 Å². The number of benzene rings is 1. The molecule has 2 rings (SSSR count). The lowest BCUT2D eigenvalue weighted by Crippen LogP contribution is -2.34. The smallest absolute Gasteiger partial charge is 0.258 e. The van der Waals surface area contributed by atoms with Crippen molar-refractivity contribution in [1.82, 2.24) is 4.31 Å². The Labute approximate surface area is 121 Å². The first kappa shape index (κ1) is 15.3. The number of hydrogen-bond acceptors (Lipinski definition) is 6. The molecule has 1 atom stereocenters. The second-order valence-corrected chi connectivity index (χ2v) is 6.48. The second kappa shape index (κ2) is 5.72. The van der Waals surface area contributed by atoms with Crippen LogP contribution >= 0.6 is 0 Å². The number of isocyanates is 1. The highest BCUT2D eigenvalue weighted by Crippen LogP contribution is 2.31. The van der Waals surface area contributed by atoms with Crippen molar-refractivity contribution < 1.29 is 18.1 Å². The van der Waals surface area contributed by atoms with Crippen LogP contribution in [0, 0.1) is 17.0 Å². The Morgan fingerprint density at radius 3 is 2.81 bits per heavy atom. The summed E-state index contributed by atoms with van der Waals surface area (Å²) in [5, 5.41) is 10.9. The van der Waals surface area contributed by atoms with Crippen molar-refractivity contribution in [2.75, 3.05) is 6.54 Å². The third kappa shape index (κ3) is 2.71. The average molecular weight is 311 g/mol. The first-order chi connectivity index (χ1) is 9.89. The maximum Gasteiger partial charge on any atom is 0.273 e. The highest BCUT2D eigenvalue weighted by Gasteiger charge is 2.37. The molecule has 0 bridgehead atoms. The number of rotatable bonds is 4. The summed E-state index contributed by atoms with van der Waals surface area (Å²) in [7, 11) is -3.94. The summed E-state index contributed by atoms with van der Waals surface area (Å²) in [6.07, 6.45) is 1.59. The number of nitro groups is 1. The summed E-state index contributed by atoms with van der Waals surface area (Å²) in [6, 6.07) is 3.89. The molecule has 1 heterocycles. The Morgan fingerprint density at radius 1 is 1.48 bits per heavy atom. The van der Waals surface area contributed by atoms with Gasteiger partial charge in [0, 0.05) is 18.2 Å². The van der Waals surface area contributed by atoms with E-state index in [2.05, 4.69) is 4.99 Å². The normalized spacial score (nSPS) is 19.2. The van der Waals surface area contributed by atoms with E-state index in [9.17, 15) is 23.3 Å². The van der Waals surface area contributed by atoms with E-state index in [1.165, 1.54) is 31.2 Å². The molecule has 0 aliphatic carbocycles. The van der Waals surface area contributed by atoms with Gasteiger partial charge in [-0.2, -0.15) is 9.30 Å². The lowest BCUT2D eigenvalue weighted by atomic mass is 10.2. The van der Waals surface area contributed by atoms with E-state index in [-0.39, 0.29) is 22.7 Å². The Morgan fingerprint density at radius 2 is 2.19 bits per heavy atom. The van der Waals surface area contributed by atoms with Crippen molar-refractivity contribution in [3.63, 3.8) is 0 Å². The minimum Gasteiger partial charge on any atom is -0.258 e. The van der Waals surface area contributed by atoms with Gasteiger partial charge < -0.3 is 0 Å². The molecule has 1 saturated heterocycles. The molecule has 1 fully saturated rings. The van der Waals surface area contributed by atoms with Crippen molar-refractivity contribution in [2.24, 2.45) is 4.99 Å². The molecule has 1 aromatic carbocycles. The highest BCUT2D eigenvalue weighted by atomic mass is 32.2. The largest absolute Gasteiger partial charge is 0.273 e. The van der Waals surface area contributed by atoms with Crippen LogP contribution in [0.25, 0.3) is 0 Å². The maximum absolute atomic E-state index is 12.6. The molecule has 21 heavy (non-hydrogen) atoms. The van der Waals surface area contributed by atoms with E-state index in [1.54, 1.807) is 0 Å². The maximum atomic E-state index is 12.6. The summed E-state index contributed by atoms with van der Waals surface area (Å²) in [6.45, 7) is 1.61. The van der Waals surface area contributed by atoms with Gasteiger partial charge in [0.1, 0.15) is 6.17 Å². The molecule has 0 aromatic heterocycles. The van der Waals surface area contributed by atoms with Crippen LogP contribution in [0.1, 0.15) is 18.4 Å². The zero-order chi connectivity index (χ0) is 15.6. The third-order valence-corrected chi connectivity index (χ3v) is 5.46. The van der Waals surface area contributed by atoms with Crippen molar-refractivity contribution in [2.45, 2.75) is 30.8 Å². The highest BCUT2D eigenvalue weighted by molar-refractivity contribution is 7.89. The number of aliphatic imine (C=N–C) groups is 1. The number of nitrogens with zero attached hydrogens (tertiary/aromatic N) is 3. The summed E-state index contributed by atoms with van der Waals surface area (Å²) >= 11 is 0. The van der Waals surface area contributed by atoms with Gasteiger partial charge in [-0.25, -0.2) is 13.2 Å². The van der Waals surface area contributed by atoms with E-state index in [0.29, 0.717) is 12.8 Å². The van der Waals surface area contributed by atoms with Crippen LogP contribution in [0.4, 0.5) is 5.69 Å². The van der Waals surface area contributed by atoms with Gasteiger partial charge >= 0.3 is 0 Å². The minimum absolute atomic E-state index is 0.0724. The molecule has 0 amide bonds. The van der Waals surface area contributed by atoms with Gasteiger partial charge in [-0.05, 0) is 25.8 Å². The SMILES string of the molecule is Cc1c([N+](=O)[O-])cccc1S(=O)(=O)N1CCCC1N=C=O. The molecular weight excluding hydrogens is 298 g/mol. The first-order valence-electron chi connectivity index (χ1n) is 6.22. The molecule has 1 unspecified atom stereocenters. The third-order valence-electron chi connectivity index (χ3n) is 3.41. The first-order valence-corrected chi connectivity index (χ1v) is 7.66. The van der Waals surface area contributed by atoms with E-state index >= 15 is 0 Å². The molecule has 1 aliphatic rings. The molecule has 0 N–H and O–H groups in total. The van der Waals surface area contributed by atoms with E-state index in [4.69, 9.17) is 0 Å². The van der Waals surface area contributed by atoms with Crippen LogP contribution in [0.2, 0.25) is 0 Å². The molecular formula is C12H13N3O5S. The Hall–Kier alpha value is -2.09. The number of hydrogen-bond donors (Lipinski definition) is 0. The van der Waals surface area contributed by atoms with Crippen molar-refractivity contribution >= 4 is 21.8 Å². The van der Waals surface area contributed by atoms with Crippen LogP contribution in [0.5, 0.6) is 0 Å². The molecule has 1 aliphatic heterocycles. The van der Waals surface area contributed by atoms with Crippen molar-refractivity contribution in [1.29, 1.82) is 0 Å². The predicted molar refractivity (Wildman–Crippen MR) is 72.9 cm³/mol. The topological polar surface area (TPSA) is 110 Å². The fourth-order valence-corrected chi connectivity index (χ4v) is 4.24. The monoisotopic (exact) mass is 311 g/mol. The van der Waals surface area contributed by atoms with Crippen molar-refractivity contribution in [3.8, 4) is 0 Å². The average Bonchev–Trinajstić information content (AvgIpc) is 2.88. The van der Waals surface area contributed by atoms with Gasteiger partial charge in [-0.15, -0.1) is 0 Å². The van der Waals surface area contributed by atoms with Crippen LogP contribution in [-0.4, -0.2) is 36.4 Å². The van der Waals surface area contributed by atoms with Gasteiger partial charge in [0.05, 0.1) is 9.82 Å². The zero-order valence-corrected chi connectivity index (χ0v) is 12.0. The Bertz CT molecular complexity index is 724. The molecule has 9 heteroatoms. The van der Waals surface area contributed by atoms with Crippen LogP contribution < -0.4 is 0 Å². The van der Waals surface area contributed by atoms with E-state index in [0.717, 1.165) is 4.31 Å². The fourth-order valence-electron chi connectivity index (χ4n) is 2.40. The van der Waals surface area contributed by atoms with Crippen LogP contribution in [-0.2, 0) is 14.8 Å².